The van der Waals surface area contributed by atoms with E-state index in [9.17, 15) is 9.59 Å². The van der Waals surface area contributed by atoms with E-state index in [1.54, 1.807) is 19.2 Å². The van der Waals surface area contributed by atoms with Gasteiger partial charge in [0.1, 0.15) is 17.1 Å². The summed E-state index contributed by atoms with van der Waals surface area (Å²) in [5, 5.41) is 3.65. The maximum Gasteiger partial charge on any atom is 0.336 e. The standard InChI is InChI=1S/C21H19NO5/c1-25-15-6-2-13(3-7-15)18-11-21(24)27-19-10-16(8-9-17(18)19)26-12-20(23)22-14-4-5-14/h2-3,6-11,14H,4-5,12H2,1H3,(H,22,23). The number of hydrogen-bond donors (Lipinski definition) is 1. The molecule has 4 rings (SSSR count). The molecule has 1 fully saturated rings. The summed E-state index contributed by atoms with van der Waals surface area (Å²) in [7, 11) is 1.61. The van der Waals surface area contributed by atoms with Gasteiger partial charge in [0.15, 0.2) is 6.61 Å². The molecule has 1 aromatic heterocycles. The molecule has 0 saturated heterocycles. The summed E-state index contributed by atoms with van der Waals surface area (Å²) in [5.41, 5.74) is 1.61. The van der Waals surface area contributed by atoms with E-state index < -0.39 is 5.63 Å². The van der Waals surface area contributed by atoms with Crippen molar-refractivity contribution in [2.45, 2.75) is 18.9 Å². The van der Waals surface area contributed by atoms with Crippen LogP contribution in [0.2, 0.25) is 0 Å². The van der Waals surface area contributed by atoms with E-state index in [0.29, 0.717) is 17.4 Å². The van der Waals surface area contributed by atoms with Crippen LogP contribution in [-0.2, 0) is 4.79 Å². The molecule has 0 unspecified atom stereocenters. The van der Waals surface area contributed by atoms with Crippen LogP contribution in [0.5, 0.6) is 11.5 Å². The van der Waals surface area contributed by atoms with Crippen LogP contribution in [-0.4, -0.2) is 25.7 Å². The number of fused-ring (bicyclic) bond motifs is 1. The van der Waals surface area contributed by atoms with Gasteiger partial charge in [-0.2, -0.15) is 0 Å². The fraction of sp³-hybridized carbons (Fsp3) is 0.238. The fourth-order valence-corrected chi connectivity index (χ4v) is 2.89. The van der Waals surface area contributed by atoms with Crippen molar-refractivity contribution in [3.8, 4) is 22.6 Å². The highest BCUT2D eigenvalue weighted by Gasteiger charge is 2.23. The smallest absolute Gasteiger partial charge is 0.336 e. The first kappa shape index (κ1) is 17.1. The lowest BCUT2D eigenvalue weighted by molar-refractivity contribution is -0.123. The Bertz CT molecular complexity index is 1030. The Kier molecular flexibility index (Phi) is 4.54. The fourth-order valence-electron chi connectivity index (χ4n) is 2.89. The number of amides is 1. The van der Waals surface area contributed by atoms with Crippen molar-refractivity contribution in [2.75, 3.05) is 13.7 Å². The minimum absolute atomic E-state index is 0.0651. The summed E-state index contributed by atoms with van der Waals surface area (Å²) in [5.74, 6) is 1.07. The number of ether oxygens (including phenoxy) is 2. The van der Waals surface area contributed by atoms with Gasteiger partial charge in [0, 0.05) is 23.6 Å². The van der Waals surface area contributed by atoms with Gasteiger partial charge in [-0.15, -0.1) is 0 Å². The molecule has 2 aromatic carbocycles. The summed E-state index contributed by atoms with van der Waals surface area (Å²) >= 11 is 0. The van der Waals surface area contributed by atoms with Crippen LogP contribution >= 0.6 is 0 Å². The highest BCUT2D eigenvalue weighted by molar-refractivity contribution is 5.93. The molecule has 0 atom stereocenters. The Balaban J connectivity index is 1.61. The first-order valence-electron chi connectivity index (χ1n) is 8.77. The summed E-state index contributed by atoms with van der Waals surface area (Å²) in [6.45, 7) is -0.0651. The molecule has 138 valence electrons. The van der Waals surface area contributed by atoms with Gasteiger partial charge < -0.3 is 19.2 Å². The Morgan fingerprint density at radius 2 is 1.85 bits per heavy atom. The third-order valence-corrected chi connectivity index (χ3v) is 4.43. The lowest BCUT2D eigenvalue weighted by atomic mass is 10.0. The second-order valence-corrected chi connectivity index (χ2v) is 6.50. The summed E-state index contributed by atoms with van der Waals surface area (Å²) in [6.07, 6.45) is 2.06. The van der Waals surface area contributed by atoms with Crippen LogP contribution in [0.3, 0.4) is 0 Å². The molecule has 0 spiro atoms. The highest BCUT2D eigenvalue weighted by Crippen LogP contribution is 2.30. The molecule has 6 heteroatoms. The van der Waals surface area contributed by atoms with Crippen molar-refractivity contribution in [1.82, 2.24) is 5.32 Å². The number of nitrogens with one attached hydrogen (secondary N) is 1. The van der Waals surface area contributed by atoms with E-state index >= 15 is 0 Å². The third-order valence-electron chi connectivity index (χ3n) is 4.43. The van der Waals surface area contributed by atoms with E-state index in [4.69, 9.17) is 13.9 Å². The van der Waals surface area contributed by atoms with Gasteiger partial charge in [-0.3, -0.25) is 4.79 Å². The molecular weight excluding hydrogens is 346 g/mol. The Morgan fingerprint density at radius 1 is 1.11 bits per heavy atom. The average Bonchev–Trinajstić information content (AvgIpc) is 3.49. The number of benzene rings is 2. The minimum atomic E-state index is -0.447. The van der Waals surface area contributed by atoms with E-state index in [1.807, 2.05) is 30.3 Å². The normalized spacial score (nSPS) is 13.4. The summed E-state index contributed by atoms with van der Waals surface area (Å²) in [6, 6.07) is 14.4. The minimum Gasteiger partial charge on any atom is -0.497 e. The Hall–Kier alpha value is -3.28. The summed E-state index contributed by atoms with van der Waals surface area (Å²) in [4.78, 5) is 23.8. The second kappa shape index (κ2) is 7.15. The second-order valence-electron chi connectivity index (χ2n) is 6.50. The number of hydrogen-bond acceptors (Lipinski definition) is 5. The number of methoxy groups -OCH3 is 1. The first-order chi connectivity index (χ1) is 13.1. The molecular formula is C21H19NO5. The number of carbonyl (C=O) groups excluding carboxylic acids is 1. The quantitative estimate of drug-likeness (QED) is 0.679. The molecule has 1 amide bonds. The zero-order valence-electron chi connectivity index (χ0n) is 14.9. The zero-order valence-corrected chi connectivity index (χ0v) is 14.9. The molecule has 27 heavy (non-hydrogen) atoms. The van der Waals surface area contributed by atoms with Crippen LogP contribution in [0, 0.1) is 0 Å². The summed E-state index contributed by atoms with van der Waals surface area (Å²) < 4.78 is 16.0. The van der Waals surface area contributed by atoms with Gasteiger partial charge in [0.25, 0.3) is 5.91 Å². The van der Waals surface area contributed by atoms with Crippen molar-refractivity contribution in [2.24, 2.45) is 0 Å². The van der Waals surface area contributed by atoms with Crippen LogP contribution in [0.15, 0.2) is 57.7 Å². The van der Waals surface area contributed by atoms with Gasteiger partial charge in [-0.05, 0) is 48.2 Å². The zero-order chi connectivity index (χ0) is 18.8. The molecule has 1 saturated carbocycles. The van der Waals surface area contributed by atoms with E-state index in [1.165, 1.54) is 6.07 Å². The van der Waals surface area contributed by atoms with E-state index in [2.05, 4.69) is 5.32 Å². The molecule has 1 aliphatic rings. The van der Waals surface area contributed by atoms with Gasteiger partial charge in [-0.1, -0.05) is 12.1 Å². The topological polar surface area (TPSA) is 77.8 Å². The molecule has 6 nitrogen and oxygen atoms in total. The third kappa shape index (κ3) is 3.95. The van der Waals surface area contributed by atoms with Gasteiger partial charge in [0.05, 0.1) is 7.11 Å². The van der Waals surface area contributed by atoms with Crippen molar-refractivity contribution in [1.29, 1.82) is 0 Å². The van der Waals surface area contributed by atoms with Crippen LogP contribution < -0.4 is 20.4 Å². The number of rotatable bonds is 6. The molecule has 1 heterocycles. The van der Waals surface area contributed by atoms with Gasteiger partial charge in [0.2, 0.25) is 0 Å². The van der Waals surface area contributed by atoms with Crippen LogP contribution in [0.25, 0.3) is 22.1 Å². The predicted octanol–water partition coefficient (Wildman–Crippen LogP) is 3.13. The van der Waals surface area contributed by atoms with Crippen molar-refractivity contribution >= 4 is 16.9 Å². The van der Waals surface area contributed by atoms with Gasteiger partial charge in [-0.25, -0.2) is 4.79 Å². The first-order valence-corrected chi connectivity index (χ1v) is 8.77. The number of carbonyl (C=O) groups is 1. The molecule has 1 N–H and O–H groups in total. The molecule has 0 aliphatic heterocycles. The maximum absolute atomic E-state index is 12.0. The SMILES string of the molecule is COc1ccc(-c2cc(=O)oc3cc(OCC(=O)NC4CC4)ccc23)cc1. The monoisotopic (exact) mass is 365 g/mol. The van der Waals surface area contributed by atoms with E-state index in [0.717, 1.165) is 35.1 Å². The van der Waals surface area contributed by atoms with Crippen molar-refractivity contribution < 1.29 is 18.7 Å². The average molecular weight is 365 g/mol. The molecule has 3 aromatic rings. The largest absolute Gasteiger partial charge is 0.497 e. The van der Waals surface area contributed by atoms with E-state index in [-0.39, 0.29) is 12.5 Å². The predicted molar refractivity (Wildman–Crippen MR) is 101 cm³/mol. The Morgan fingerprint density at radius 3 is 2.56 bits per heavy atom. The Labute approximate surface area is 155 Å². The lowest BCUT2D eigenvalue weighted by Gasteiger charge is -2.10. The van der Waals surface area contributed by atoms with Gasteiger partial charge >= 0.3 is 5.63 Å². The van der Waals surface area contributed by atoms with Crippen LogP contribution in [0.4, 0.5) is 0 Å². The maximum atomic E-state index is 12.0. The van der Waals surface area contributed by atoms with Crippen molar-refractivity contribution in [3.63, 3.8) is 0 Å². The lowest BCUT2D eigenvalue weighted by Crippen LogP contribution is -2.30. The molecule has 0 radical (unpaired) electrons. The molecule has 1 aliphatic carbocycles. The van der Waals surface area contributed by atoms with Crippen molar-refractivity contribution in [3.05, 3.63) is 59.0 Å². The highest BCUT2D eigenvalue weighted by atomic mass is 16.5. The van der Waals surface area contributed by atoms with Crippen LogP contribution in [0.1, 0.15) is 12.8 Å². The molecule has 0 bridgehead atoms.